The van der Waals surface area contributed by atoms with Gasteiger partial charge >= 0.3 is 6.09 Å². The molecule has 3 amide bonds. The summed E-state index contributed by atoms with van der Waals surface area (Å²) in [4.78, 5) is 64.3. The van der Waals surface area contributed by atoms with Gasteiger partial charge in [-0.05, 0) is 39.5 Å². The topological polar surface area (TPSA) is 182 Å². The minimum Gasteiger partial charge on any atom is -0.444 e. The van der Waals surface area contributed by atoms with Gasteiger partial charge < -0.3 is 46.0 Å². The van der Waals surface area contributed by atoms with Crippen LogP contribution in [0.3, 0.4) is 0 Å². The lowest BCUT2D eigenvalue weighted by atomic mass is 9.97. The number of carbonyl (C=O) groups excluding carboxylic acids is 3. The largest absolute Gasteiger partial charge is 0.444 e. The zero-order valence-electron chi connectivity index (χ0n) is 30.0. The van der Waals surface area contributed by atoms with Gasteiger partial charge in [-0.3, -0.25) is 9.59 Å². The maximum Gasteiger partial charge on any atom is 0.410 e. The molecule has 2 fully saturated rings. The van der Waals surface area contributed by atoms with Crippen LogP contribution in [0.4, 0.5) is 39.7 Å². The van der Waals surface area contributed by atoms with Gasteiger partial charge in [-0.15, -0.1) is 0 Å². The van der Waals surface area contributed by atoms with Crippen molar-refractivity contribution in [2.45, 2.75) is 91.6 Å². The van der Waals surface area contributed by atoms with Crippen LogP contribution in [0, 0.1) is 18.8 Å². The highest BCUT2D eigenvalue weighted by Gasteiger charge is 2.40. The Kier molecular flexibility index (Phi) is 9.19. The Morgan fingerprint density at radius 2 is 1.47 bits per heavy atom. The summed E-state index contributed by atoms with van der Waals surface area (Å²) in [7, 11) is 1.88. The van der Waals surface area contributed by atoms with Crippen LogP contribution in [-0.4, -0.2) is 112 Å². The zero-order valence-corrected chi connectivity index (χ0v) is 30.0. The summed E-state index contributed by atoms with van der Waals surface area (Å²) in [5.41, 5.74) is 1.90. The molecule has 0 saturated carbocycles. The van der Waals surface area contributed by atoms with Gasteiger partial charge in [0.15, 0.2) is 11.6 Å². The second kappa shape index (κ2) is 13.1. The summed E-state index contributed by atoms with van der Waals surface area (Å²) in [6, 6.07) is -0.714. The van der Waals surface area contributed by atoms with Gasteiger partial charge in [-0.1, -0.05) is 27.7 Å². The molecule has 49 heavy (non-hydrogen) atoms. The van der Waals surface area contributed by atoms with Crippen molar-refractivity contribution in [2.24, 2.45) is 11.8 Å². The summed E-state index contributed by atoms with van der Waals surface area (Å²) in [5.74, 6) is 1.99. The first-order valence-corrected chi connectivity index (χ1v) is 17.2. The molecule has 4 aliphatic rings. The fourth-order valence-corrected chi connectivity index (χ4v) is 6.76. The van der Waals surface area contributed by atoms with Crippen LogP contribution in [0.2, 0.25) is 0 Å². The normalized spacial score (nSPS) is 21.1. The Hall–Kier alpha value is -4.47. The van der Waals surface area contributed by atoms with Gasteiger partial charge in [0.25, 0.3) is 0 Å². The number of rotatable bonds is 9. The van der Waals surface area contributed by atoms with Crippen LogP contribution in [0.25, 0.3) is 0 Å². The molecule has 6 heterocycles. The summed E-state index contributed by atoms with van der Waals surface area (Å²) in [6.07, 6.45) is 0.0374. The fraction of sp³-hybridized carbons (Fsp3) is 0.667. The van der Waals surface area contributed by atoms with Crippen molar-refractivity contribution in [1.82, 2.24) is 30.2 Å². The molecule has 0 aliphatic carbocycles. The van der Waals surface area contributed by atoms with Crippen LogP contribution in [-0.2, 0) is 20.7 Å². The van der Waals surface area contributed by atoms with Gasteiger partial charge in [-0.2, -0.15) is 9.97 Å². The van der Waals surface area contributed by atoms with Crippen LogP contribution in [0.1, 0.15) is 59.9 Å². The number of fused-ring (bicyclic) bond motifs is 2. The molecule has 2 saturated heterocycles. The molecule has 6 rings (SSSR count). The van der Waals surface area contributed by atoms with Crippen molar-refractivity contribution < 1.29 is 19.1 Å². The minimum atomic E-state index is -0.574. The van der Waals surface area contributed by atoms with Crippen molar-refractivity contribution in [1.29, 1.82) is 0 Å². The first kappa shape index (κ1) is 34.4. The van der Waals surface area contributed by atoms with E-state index in [1.165, 1.54) is 0 Å². The number of aryl methyl sites for hydroxylation is 1. The third-order valence-corrected chi connectivity index (χ3v) is 9.26. The number of anilines is 6. The monoisotopic (exact) mass is 678 g/mol. The first-order valence-electron chi connectivity index (χ1n) is 17.2. The number of hydrogen-bond acceptors (Lipinski definition) is 13. The second-order valence-corrected chi connectivity index (χ2v) is 15.2. The molecule has 16 heteroatoms. The molecule has 4 aliphatic heterocycles. The number of likely N-dealkylation sites (tertiary alicyclic amines) is 1. The summed E-state index contributed by atoms with van der Waals surface area (Å²) < 4.78 is 5.51. The SMILES string of the molecule is Cc1nc(NC2CNC2)nc2c1NC(=O)[C@H](C(C)C)N2CCc1nc(NC2CN(C(=O)OC(C)(C)C)C2)nc2c1NC(=O)[C@H](C(C)C)N2C. The van der Waals surface area contributed by atoms with E-state index in [1.54, 1.807) is 4.90 Å². The molecule has 0 aromatic carbocycles. The van der Waals surface area contributed by atoms with Crippen LogP contribution in [0.15, 0.2) is 0 Å². The second-order valence-electron chi connectivity index (χ2n) is 15.2. The molecular formula is C33H50N12O4. The number of aromatic nitrogens is 4. The van der Waals surface area contributed by atoms with Gasteiger partial charge in [-0.25, -0.2) is 14.8 Å². The number of likely N-dealkylation sites (N-methyl/N-ethyl adjacent to an activating group) is 1. The highest BCUT2D eigenvalue weighted by Crippen LogP contribution is 2.38. The van der Waals surface area contributed by atoms with E-state index >= 15 is 0 Å². The van der Waals surface area contributed by atoms with E-state index in [-0.39, 0.29) is 41.8 Å². The van der Waals surface area contributed by atoms with Crippen molar-refractivity contribution in [3.63, 3.8) is 0 Å². The van der Waals surface area contributed by atoms with E-state index in [0.29, 0.717) is 72.4 Å². The predicted octanol–water partition coefficient (Wildman–Crippen LogP) is 2.43. The number of carbonyl (C=O) groups is 3. The van der Waals surface area contributed by atoms with Crippen molar-refractivity contribution in [2.75, 3.05) is 70.8 Å². The number of nitrogens with one attached hydrogen (secondary N) is 5. The Bertz CT molecular complexity index is 1620. The maximum atomic E-state index is 13.5. The van der Waals surface area contributed by atoms with Gasteiger partial charge in [0, 0.05) is 46.2 Å². The summed E-state index contributed by atoms with van der Waals surface area (Å²) in [5, 5.41) is 16.2. The van der Waals surface area contributed by atoms with E-state index < -0.39 is 17.7 Å². The Morgan fingerprint density at radius 1 is 0.878 bits per heavy atom. The highest BCUT2D eigenvalue weighted by molar-refractivity contribution is 6.04. The number of hydrogen-bond donors (Lipinski definition) is 5. The molecule has 2 aromatic rings. The molecule has 2 atom stereocenters. The van der Waals surface area contributed by atoms with Crippen LogP contribution in [0.5, 0.6) is 0 Å². The number of amides is 3. The lowest BCUT2D eigenvalue weighted by Gasteiger charge is -2.41. The fourth-order valence-electron chi connectivity index (χ4n) is 6.76. The average Bonchev–Trinajstić information content (AvgIpc) is 2.94. The molecule has 0 unspecified atom stereocenters. The summed E-state index contributed by atoms with van der Waals surface area (Å²) in [6.45, 7) is 18.4. The molecule has 0 bridgehead atoms. The van der Waals surface area contributed by atoms with Crippen molar-refractivity contribution in [3.8, 4) is 0 Å². The molecule has 5 N–H and O–H groups in total. The van der Waals surface area contributed by atoms with Gasteiger partial charge in [0.2, 0.25) is 23.7 Å². The quantitative estimate of drug-likeness (QED) is 0.261. The van der Waals surface area contributed by atoms with Gasteiger partial charge in [0.05, 0.1) is 23.5 Å². The highest BCUT2D eigenvalue weighted by atomic mass is 16.6. The average molecular weight is 679 g/mol. The molecule has 2 aromatic heterocycles. The molecule has 0 radical (unpaired) electrons. The maximum absolute atomic E-state index is 13.5. The third-order valence-electron chi connectivity index (χ3n) is 9.26. The standard InChI is InChI=1S/C33H50N12O4/c1-16(2)24-28(46)40-23-21(38-31(41-26(23)43(24)9)37-20-14-44(15-20)32(48)49-33(6,7)8)10-11-45-25(17(3)4)29(47)39-22-18(5)35-30(42-27(22)45)36-19-12-34-13-19/h16-17,19-20,24-25,34H,10-15H2,1-9H3,(H,39,47)(H,40,46)(H,35,36,42)(H,37,38,41)/t24-,25-/m0/s1. The Balaban J connectivity index is 1.30. The van der Waals surface area contributed by atoms with E-state index in [1.807, 2.05) is 72.2 Å². The van der Waals surface area contributed by atoms with Crippen molar-refractivity contribution >= 4 is 52.8 Å². The van der Waals surface area contributed by atoms with Gasteiger partial charge in [0.1, 0.15) is 29.1 Å². The van der Waals surface area contributed by atoms with Crippen molar-refractivity contribution in [3.05, 3.63) is 11.4 Å². The van der Waals surface area contributed by atoms with Crippen LogP contribution < -0.4 is 36.4 Å². The van der Waals surface area contributed by atoms with E-state index in [9.17, 15) is 14.4 Å². The minimum absolute atomic E-state index is 0.0172. The third kappa shape index (κ3) is 7.00. The van der Waals surface area contributed by atoms with E-state index in [0.717, 1.165) is 13.1 Å². The molecule has 16 nitrogen and oxygen atoms in total. The number of ether oxygens (including phenoxy) is 1. The van der Waals surface area contributed by atoms with Crippen LogP contribution >= 0.6 is 0 Å². The Morgan fingerprint density at radius 3 is 2.08 bits per heavy atom. The molecular weight excluding hydrogens is 628 g/mol. The smallest absolute Gasteiger partial charge is 0.410 e. The zero-order chi connectivity index (χ0) is 35.4. The summed E-state index contributed by atoms with van der Waals surface area (Å²) >= 11 is 0. The Labute approximate surface area is 287 Å². The van der Waals surface area contributed by atoms with E-state index in [4.69, 9.17) is 19.7 Å². The molecule has 0 spiro atoms. The lowest BCUT2D eigenvalue weighted by molar-refractivity contribution is -0.119. The lowest BCUT2D eigenvalue weighted by Crippen LogP contribution is -2.58. The molecule has 266 valence electrons. The first-order chi connectivity index (χ1) is 23.1. The predicted molar refractivity (Wildman–Crippen MR) is 188 cm³/mol. The number of nitrogens with zero attached hydrogens (tertiary/aromatic N) is 7. The van der Waals surface area contributed by atoms with E-state index in [2.05, 4.69) is 31.6 Å².